The molecular weight excluding hydrogens is 332 g/mol. The molecule has 0 aromatic rings. The monoisotopic (exact) mass is 358 g/mol. The average Bonchev–Trinajstić information content (AvgIpc) is 2.48. The van der Waals surface area contributed by atoms with Gasteiger partial charge in [-0.25, -0.2) is 14.4 Å². The number of urea groups is 3. The lowest BCUT2D eigenvalue weighted by Gasteiger charge is -2.44. The molecule has 1 unspecified atom stereocenters. The minimum Gasteiger partial charge on any atom is -0.368 e. The Kier molecular flexibility index (Phi) is 7.23. The van der Waals surface area contributed by atoms with Gasteiger partial charge >= 0.3 is 18.1 Å². The topological polar surface area (TPSA) is 185 Å². The largest absolute Gasteiger partial charge is 0.368 e. The molecule has 25 heavy (non-hydrogen) atoms. The highest BCUT2D eigenvalue weighted by molar-refractivity contribution is 5.87. The molecule has 0 aliphatic carbocycles. The van der Waals surface area contributed by atoms with Gasteiger partial charge in [-0.2, -0.15) is 10.0 Å². The first-order chi connectivity index (χ1) is 11.7. The van der Waals surface area contributed by atoms with Gasteiger partial charge in [0, 0.05) is 13.6 Å². The van der Waals surface area contributed by atoms with E-state index in [0.717, 1.165) is 25.7 Å². The van der Waals surface area contributed by atoms with Crippen molar-refractivity contribution in [3.05, 3.63) is 0 Å². The second-order valence-electron chi connectivity index (χ2n) is 5.79. The van der Waals surface area contributed by atoms with Crippen molar-refractivity contribution in [1.82, 2.24) is 20.3 Å². The zero-order valence-electron chi connectivity index (χ0n) is 14.3. The third kappa shape index (κ3) is 5.11. The first kappa shape index (κ1) is 20.3. The molecule has 1 fully saturated rings. The summed E-state index contributed by atoms with van der Waals surface area (Å²) in [5, 5.41) is 3.03. The van der Waals surface area contributed by atoms with Crippen LogP contribution in [0, 0.1) is 0 Å². The Morgan fingerprint density at radius 1 is 0.760 bits per heavy atom. The summed E-state index contributed by atoms with van der Waals surface area (Å²) in [6.45, 7) is 0.362. The van der Waals surface area contributed by atoms with E-state index in [-0.39, 0.29) is 6.42 Å². The zero-order valence-corrected chi connectivity index (χ0v) is 14.3. The second-order valence-corrected chi connectivity index (χ2v) is 5.79. The molecule has 1 rings (SSSR count). The summed E-state index contributed by atoms with van der Waals surface area (Å²) >= 11 is 0. The minimum absolute atomic E-state index is 0.165. The number of rotatable bonds is 1. The molecule has 1 saturated heterocycles. The van der Waals surface area contributed by atoms with Crippen LogP contribution in [-0.2, 0) is 4.79 Å². The number of amides is 7. The van der Waals surface area contributed by atoms with E-state index in [1.165, 1.54) is 12.1 Å². The highest BCUT2D eigenvalue weighted by Crippen LogP contribution is 2.18. The number of hydrazine groups is 3. The second kappa shape index (κ2) is 8.92. The predicted molar refractivity (Wildman–Crippen MR) is 87.6 cm³/mol. The minimum atomic E-state index is -1.25. The molecule has 8 N–H and O–H groups in total. The van der Waals surface area contributed by atoms with E-state index in [1.54, 1.807) is 0 Å². The lowest BCUT2D eigenvalue weighted by atomic mass is 10.1. The molecular formula is C13H26N8O4. The summed E-state index contributed by atoms with van der Waals surface area (Å²) in [6, 6.07) is -4.71. The molecule has 0 bridgehead atoms. The number of hydrogen-bond donors (Lipinski definition) is 4. The maximum Gasteiger partial charge on any atom is 0.355 e. The Morgan fingerprint density at radius 2 is 1.28 bits per heavy atom. The highest BCUT2D eigenvalue weighted by Gasteiger charge is 2.40. The third-order valence-corrected chi connectivity index (χ3v) is 3.91. The Hall–Kier alpha value is -2.76. The standard InChI is InChI=1S/C13H26N8O4/c1-18-8-6-4-2-3-5-7-9(10(14)22)19(11(15)23)21(13(17)25)20(18)12(16)24/h9H,2-8H2,1H3,(H2,14,22)(H2,15,23)(H2,16,24)(H2,17,25). The van der Waals surface area contributed by atoms with Crippen molar-refractivity contribution in [1.29, 1.82) is 0 Å². The SMILES string of the molecule is CN1CCCCCCCC(C(N)=O)N(C(N)=O)N(C(N)=O)N1C(N)=O. The van der Waals surface area contributed by atoms with Gasteiger partial charge in [0.15, 0.2) is 0 Å². The van der Waals surface area contributed by atoms with Gasteiger partial charge in [0.2, 0.25) is 5.91 Å². The van der Waals surface area contributed by atoms with Crippen LogP contribution in [0.3, 0.4) is 0 Å². The summed E-state index contributed by atoms with van der Waals surface area (Å²) in [4.78, 5) is 47.7. The molecule has 1 aliphatic heterocycles. The van der Waals surface area contributed by atoms with E-state index in [9.17, 15) is 19.2 Å². The molecule has 7 amide bonds. The van der Waals surface area contributed by atoms with Crippen LogP contribution >= 0.6 is 0 Å². The van der Waals surface area contributed by atoms with Gasteiger partial charge in [0.25, 0.3) is 0 Å². The Balaban J connectivity index is 3.41. The van der Waals surface area contributed by atoms with E-state index in [0.29, 0.717) is 28.2 Å². The quantitative estimate of drug-likeness (QED) is 0.468. The van der Waals surface area contributed by atoms with Gasteiger partial charge in [-0.3, -0.25) is 4.79 Å². The van der Waals surface area contributed by atoms with Gasteiger partial charge in [-0.05, 0) is 12.8 Å². The van der Waals surface area contributed by atoms with Crippen molar-refractivity contribution in [2.75, 3.05) is 13.6 Å². The van der Waals surface area contributed by atoms with Gasteiger partial charge < -0.3 is 22.9 Å². The lowest BCUT2D eigenvalue weighted by molar-refractivity contribution is -0.192. The van der Waals surface area contributed by atoms with Gasteiger partial charge in [-0.15, -0.1) is 10.2 Å². The number of carbonyl (C=O) groups is 4. The van der Waals surface area contributed by atoms with Crippen molar-refractivity contribution < 1.29 is 19.2 Å². The van der Waals surface area contributed by atoms with Crippen molar-refractivity contribution in [2.24, 2.45) is 22.9 Å². The molecule has 0 radical (unpaired) electrons. The van der Waals surface area contributed by atoms with Crippen LogP contribution in [0.25, 0.3) is 0 Å². The van der Waals surface area contributed by atoms with Crippen LogP contribution in [-0.4, -0.2) is 63.9 Å². The number of carbonyl (C=O) groups excluding carboxylic acids is 4. The lowest BCUT2D eigenvalue weighted by Crippen LogP contribution is -2.70. The van der Waals surface area contributed by atoms with E-state index < -0.39 is 30.0 Å². The molecule has 142 valence electrons. The van der Waals surface area contributed by atoms with Crippen LogP contribution in [0.1, 0.15) is 38.5 Å². The molecule has 1 aliphatic rings. The van der Waals surface area contributed by atoms with Crippen LogP contribution < -0.4 is 22.9 Å². The van der Waals surface area contributed by atoms with Gasteiger partial charge in [-0.1, -0.05) is 25.7 Å². The first-order valence-corrected chi connectivity index (χ1v) is 7.96. The molecule has 12 heteroatoms. The molecule has 0 saturated carbocycles. The molecule has 1 heterocycles. The summed E-state index contributed by atoms with van der Waals surface area (Å²) in [6.07, 6.45) is 4.08. The van der Waals surface area contributed by atoms with Gasteiger partial charge in [0.1, 0.15) is 6.04 Å². The van der Waals surface area contributed by atoms with E-state index in [4.69, 9.17) is 22.9 Å². The maximum atomic E-state index is 12.0. The molecule has 12 nitrogen and oxygen atoms in total. The third-order valence-electron chi connectivity index (χ3n) is 3.91. The zero-order chi connectivity index (χ0) is 19.1. The van der Waals surface area contributed by atoms with E-state index in [2.05, 4.69) is 0 Å². The van der Waals surface area contributed by atoms with Crippen molar-refractivity contribution in [3.63, 3.8) is 0 Å². The summed E-state index contributed by atoms with van der Waals surface area (Å²) in [7, 11) is 1.49. The molecule has 0 aromatic heterocycles. The number of nitrogens with two attached hydrogens (primary N) is 4. The van der Waals surface area contributed by atoms with Crippen LogP contribution in [0.4, 0.5) is 14.4 Å². The van der Waals surface area contributed by atoms with Gasteiger partial charge in [0.05, 0.1) is 0 Å². The number of primary amides is 4. The number of nitrogens with zero attached hydrogens (tertiary/aromatic N) is 4. The maximum absolute atomic E-state index is 12.0. The van der Waals surface area contributed by atoms with Crippen LogP contribution in [0.5, 0.6) is 0 Å². The predicted octanol–water partition coefficient (Wildman–Crippen LogP) is -0.987. The van der Waals surface area contributed by atoms with Crippen molar-refractivity contribution in [3.8, 4) is 0 Å². The fourth-order valence-corrected chi connectivity index (χ4v) is 2.76. The van der Waals surface area contributed by atoms with E-state index >= 15 is 0 Å². The smallest absolute Gasteiger partial charge is 0.355 e. The summed E-state index contributed by atoms with van der Waals surface area (Å²) in [5.41, 5.74) is 21.4. The summed E-state index contributed by atoms with van der Waals surface area (Å²) < 4.78 is 0. The Morgan fingerprint density at radius 3 is 1.76 bits per heavy atom. The molecule has 0 aromatic carbocycles. The fraction of sp³-hybridized carbons (Fsp3) is 0.692. The summed E-state index contributed by atoms with van der Waals surface area (Å²) in [5.74, 6) is -0.880. The van der Waals surface area contributed by atoms with Crippen molar-refractivity contribution in [2.45, 2.75) is 44.6 Å². The average molecular weight is 358 g/mol. The van der Waals surface area contributed by atoms with E-state index in [1.807, 2.05) is 0 Å². The molecule has 1 atom stereocenters. The molecule has 0 spiro atoms. The Labute approximate surface area is 145 Å². The number of hydrogen-bond acceptors (Lipinski definition) is 5. The Bertz CT molecular complexity index is 528. The van der Waals surface area contributed by atoms with Crippen LogP contribution in [0.15, 0.2) is 0 Å². The van der Waals surface area contributed by atoms with Crippen molar-refractivity contribution >= 4 is 24.0 Å². The first-order valence-electron chi connectivity index (χ1n) is 7.96. The fourth-order valence-electron chi connectivity index (χ4n) is 2.76. The normalized spacial score (nSPS) is 21.2. The highest BCUT2D eigenvalue weighted by atomic mass is 16.3. The van der Waals surface area contributed by atoms with Crippen LogP contribution in [0.2, 0.25) is 0 Å².